The molecule has 0 spiro atoms. The Kier molecular flexibility index (Phi) is 6.41. The van der Waals surface area contributed by atoms with Crippen LogP contribution in [0.4, 0.5) is 11.4 Å². The molecule has 1 aromatic carbocycles. The lowest BCUT2D eigenvalue weighted by Gasteiger charge is -2.24. The van der Waals surface area contributed by atoms with Gasteiger partial charge in [-0.2, -0.15) is 0 Å². The van der Waals surface area contributed by atoms with E-state index in [-0.39, 0.29) is 10.6 Å². The molecule has 111 valence electrons. The van der Waals surface area contributed by atoms with E-state index in [0.717, 1.165) is 12.3 Å². The van der Waals surface area contributed by atoms with Crippen LogP contribution in [0.1, 0.15) is 0 Å². The number of hydrogen-bond acceptors (Lipinski definition) is 5. The highest BCUT2D eigenvalue weighted by molar-refractivity contribution is 9.09. The Morgan fingerprint density at radius 1 is 1.35 bits per heavy atom. The number of hydrogen-bond donors (Lipinski definition) is 0. The van der Waals surface area contributed by atoms with E-state index >= 15 is 0 Å². The van der Waals surface area contributed by atoms with Gasteiger partial charge in [-0.3, -0.25) is 10.1 Å². The Balaban J connectivity index is 3.40. The van der Waals surface area contributed by atoms with Crippen LogP contribution in [0.2, 0.25) is 0 Å². The third-order valence-electron chi connectivity index (χ3n) is 2.52. The van der Waals surface area contributed by atoms with Crippen LogP contribution in [0.25, 0.3) is 0 Å². The molecule has 0 unspecified atom stereocenters. The summed E-state index contributed by atoms with van der Waals surface area (Å²) >= 11 is 6.61. The lowest BCUT2D eigenvalue weighted by atomic mass is 10.2. The van der Waals surface area contributed by atoms with Crippen molar-refractivity contribution in [2.24, 2.45) is 0 Å². The van der Waals surface area contributed by atoms with Crippen molar-refractivity contribution in [3.05, 3.63) is 28.3 Å². The number of non-ortho nitro benzene ring substituents is 1. The summed E-state index contributed by atoms with van der Waals surface area (Å²) in [6.45, 7) is 1.17. The maximum atomic E-state index is 11.9. The number of anilines is 1. The third-order valence-corrected chi connectivity index (χ3v) is 4.36. The Morgan fingerprint density at radius 3 is 2.30 bits per heavy atom. The van der Waals surface area contributed by atoms with E-state index in [2.05, 4.69) is 37.9 Å². The highest BCUT2D eigenvalue weighted by Crippen LogP contribution is 2.29. The Bertz CT molecular complexity index is 586. The average Bonchev–Trinajstić information content (AvgIpc) is 2.36. The maximum Gasteiger partial charge on any atom is 0.278 e. The third kappa shape index (κ3) is 4.42. The van der Waals surface area contributed by atoms with Gasteiger partial charge in [-0.1, -0.05) is 31.9 Å². The van der Waals surface area contributed by atoms with Crippen molar-refractivity contribution in [3.63, 3.8) is 0 Å². The quantitative estimate of drug-likeness (QED) is 0.378. The van der Waals surface area contributed by atoms with Crippen LogP contribution in [-0.2, 0) is 9.84 Å². The summed E-state index contributed by atoms with van der Waals surface area (Å²) in [6, 6.07) is 4.93. The van der Waals surface area contributed by atoms with Gasteiger partial charge in [0.05, 0.1) is 21.6 Å². The lowest BCUT2D eigenvalue weighted by Crippen LogP contribution is -2.28. The number of nitrogens with zero attached hydrogens (tertiary/aromatic N) is 2. The number of nitro groups is 1. The van der Waals surface area contributed by atoms with Crippen molar-refractivity contribution in [3.8, 4) is 0 Å². The number of sulfone groups is 1. The van der Waals surface area contributed by atoms with Crippen molar-refractivity contribution >= 4 is 53.1 Å². The Morgan fingerprint density at radius 2 is 1.90 bits per heavy atom. The van der Waals surface area contributed by atoms with Gasteiger partial charge < -0.3 is 4.90 Å². The SMILES string of the molecule is CS(=O)(=O)c1cc([N+](=O)[O-])[c]cc1N(CCBr)CCBr. The molecule has 6 nitrogen and oxygen atoms in total. The van der Waals surface area contributed by atoms with Gasteiger partial charge in [0.2, 0.25) is 0 Å². The van der Waals surface area contributed by atoms with E-state index in [1.165, 1.54) is 6.07 Å². The minimum absolute atomic E-state index is 0.0511. The molecule has 1 aromatic rings. The van der Waals surface area contributed by atoms with Gasteiger partial charge in [-0.15, -0.1) is 0 Å². The van der Waals surface area contributed by atoms with Crippen molar-refractivity contribution in [2.45, 2.75) is 4.90 Å². The molecule has 20 heavy (non-hydrogen) atoms. The molecular formula is C11H13Br2N2O4S. The lowest BCUT2D eigenvalue weighted by molar-refractivity contribution is -0.385. The van der Waals surface area contributed by atoms with Crippen LogP contribution in [0.3, 0.4) is 0 Å². The molecule has 0 saturated carbocycles. The average molecular weight is 429 g/mol. The zero-order valence-electron chi connectivity index (χ0n) is 10.7. The molecule has 0 bridgehead atoms. The topological polar surface area (TPSA) is 80.5 Å². The Hall–Kier alpha value is -0.670. The second kappa shape index (κ2) is 7.37. The van der Waals surface area contributed by atoms with Crippen LogP contribution in [0.15, 0.2) is 17.0 Å². The molecule has 0 saturated heterocycles. The monoisotopic (exact) mass is 427 g/mol. The van der Waals surface area contributed by atoms with Crippen molar-refractivity contribution in [1.82, 2.24) is 0 Å². The zero-order valence-corrected chi connectivity index (χ0v) is 14.7. The molecule has 9 heteroatoms. The van der Waals surface area contributed by atoms with Gasteiger partial charge in [0.25, 0.3) is 5.69 Å². The first-order valence-electron chi connectivity index (χ1n) is 5.58. The molecule has 1 radical (unpaired) electrons. The first-order valence-corrected chi connectivity index (χ1v) is 9.71. The maximum absolute atomic E-state index is 11.9. The number of rotatable bonds is 7. The largest absolute Gasteiger partial charge is 0.369 e. The van der Waals surface area contributed by atoms with Gasteiger partial charge in [0, 0.05) is 36.1 Å². The van der Waals surface area contributed by atoms with Crippen molar-refractivity contribution in [1.29, 1.82) is 0 Å². The molecule has 0 aromatic heterocycles. The predicted molar refractivity (Wildman–Crippen MR) is 84.8 cm³/mol. The fourth-order valence-corrected chi connectivity index (χ4v) is 3.41. The summed E-state index contributed by atoms with van der Waals surface area (Å²) in [5, 5.41) is 12.1. The predicted octanol–water partition coefficient (Wildman–Crippen LogP) is 2.39. The smallest absolute Gasteiger partial charge is 0.278 e. The van der Waals surface area contributed by atoms with E-state index < -0.39 is 14.8 Å². The van der Waals surface area contributed by atoms with Crippen molar-refractivity contribution < 1.29 is 13.3 Å². The molecule has 0 aliphatic rings. The van der Waals surface area contributed by atoms with Gasteiger partial charge >= 0.3 is 0 Å². The molecule has 0 aliphatic heterocycles. The summed E-state index contributed by atoms with van der Waals surface area (Å²) < 4.78 is 23.7. The highest BCUT2D eigenvalue weighted by atomic mass is 79.9. The molecule has 0 aliphatic carbocycles. The molecule has 1 rings (SSSR count). The summed E-state index contributed by atoms with van der Waals surface area (Å²) in [7, 11) is -3.57. The van der Waals surface area contributed by atoms with Gasteiger partial charge in [-0.25, -0.2) is 8.42 Å². The Labute approximate surface area is 134 Å². The molecule has 0 amide bonds. The number of halogens is 2. The van der Waals surface area contributed by atoms with Gasteiger partial charge in [-0.05, 0) is 6.07 Å². The van der Waals surface area contributed by atoms with E-state index in [1.807, 2.05) is 4.90 Å². The second-order valence-electron chi connectivity index (χ2n) is 3.96. The molecule has 0 atom stereocenters. The van der Waals surface area contributed by atoms with Crippen LogP contribution in [-0.4, -0.2) is 43.3 Å². The number of nitro benzene ring substituents is 1. The minimum atomic E-state index is -3.57. The van der Waals surface area contributed by atoms with E-state index in [9.17, 15) is 18.5 Å². The van der Waals surface area contributed by atoms with Crippen LogP contribution < -0.4 is 4.90 Å². The zero-order chi connectivity index (χ0) is 15.3. The number of benzene rings is 1. The van der Waals surface area contributed by atoms with Gasteiger partial charge in [0.15, 0.2) is 9.84 Å². The molecule has 0 fully saturated rings. The van der Waals surface area contributed by atoms with E-state index in [1.54, 1.807) is 0 Å². The summed E-state index contributed by atoms with van der Waals surface area (Å²) in [6.07, 6.45) is 1.04. The highest BCUT2D eigenvalue weighted by Gasteiger charge is 2.21. The standard InChI is InChI=1S/C11H13Br2N2O4S/c1-20(18,19)11-8-9(15(16)17)2-3-10(11)14(6-4-12)7-5-13/h3,8H,4-7H2,1H3. The van der Waals surface area contributed by atoms with Crippen LogP contribution >= 0.6 is 31.9 Å². The van der Waals surface area contributed by atoms with Crippen LogP contribution in [0.5, 0.6) is 0 Å². The molecule has 0 heterocycles. The summed E-state index contributed by atoms with van der Waals surface area (Å²) in [4.78, 5) is 11.9. The van der Waals surface area contributed by atoms with Crippen molar-refractivity contribution in [2.75, 3.05) is 34.9 Å². The summed E-state index contributed by atoms with van der Waals surface area (Å²) in [5.41, 5.74) is 0.0730. The minimum Gasteiger partial charge on any atom is -0.369 e. The van der Waals surface area contributed by atoms with E-state index in [4.69, 9.17) is 0 Å². The second-order valence-corrected chi connectivity index (χ2v) is 7.53. The first-order chi connectivity index (χ1) is 9.31. The normalized spacial score (nSPS) is 11.3. The number of alkyl halides is 2. The van der Waals surface area contributed by atoms with Gasteiger partial charge in [0.1, 0.15) is 0 Å². The molecular weight excluding hydrogens is 416 g/mol. The molecule has 0 N–H and O–H groups in total. The summed E-state index contributed by atoms with van der Waals surface area (Å²) in [5.74, 6) is 0. The fourth-order valence-electron chi connectivity index (χ4n) is 1.66. The fraction of sp³-hybridized carbons (Fsp3) is 0.455. The van der Waals surface area contributed by atoms with Crippen LogP contribution in [0, 0.1) is 16.2 Å². The first kappa shape index (κ1) is 17.4. The van der Waals surface area contributed by atoms with E-state index in [0.29, 0.717) is 29.4 Å².